The Kier molecular flexibility index (Phi) is 3.53. The quantitative estimate of drug-likeness (QED) is 0.790. The second-order valence-electron chi connectivity index (χ2n) is 4.51. The van der Waals surface area contributed by atoms with Gasteiger partial charge in [0, 0.05) is 9.61 Å². The highest BCUT2D eigenvalue weighted by Gasteiger charge is 2.23. The Morgan fingerprint density at radius 1 is 1.36 bits per heavy atom. The first-order valence-electron chi connectivity index (χ1n) is 4.53. The molecule has 14 heavy (non-hydrogen) atoms. The van der Waals surface area contributed by atoms with Gasteiger partial charge in [0.1, 0.15) is 5.82 Å². The Hall–Kier alpha value is -0.160. The van der Waals surface area contributed by atoms with Crippen LogP contribution in [-0.2, 0) is 0 Å². The number of benzene rings is 1. The molecular weight excluding hydrogens is 292 g/mol. The molecule has 0 spiro atoms. The summed E-state index contributed by atoms with van der Waals surface area (Å²) >= 11 is 2.12. The molecule has 0 amide bonds. The summed E-state index contributed by atoms with van der Waals surface area (Å²) < 4.78 is 13.8. The van der Waals surface area contributed by atoms with E-state index >= 15 is 0 Å². The second kappa shape index (κ2) is 4.14. The summed E-state index contributed by atoms with van der Waals surface area (Å²) in [5, 5.41) is 0. The van der Waals surface area contributed by atoms with E-state index in [1.54, 1.807) is 6.07 Å². The van der Waals surface area contributed by atoms with E-state index in [4.69, 9.17) is 5.73 Å². The van der Waals surface area contributed by atoms with Gasteiger partial charge in [-0.05, 0) is 45.7 Å². The van der Waals surface area contributed by atoms with Crippen LogP contribution in [0.5, 0.6) is 0 Å². The van der Waals surface area contributed by atoms with Crippen molar-refractivity contribution in [3.8, 4) is 0 Å². The van der Waals surface area contributed by atoms with Gasteiger partial charge in [-0.3, -0.25) is 0 Å². The molecule has 1 atom stereocenters. The van der Waals surface area contributed by atoms with Crippen LogP contribution in [0.4, 0.5) is 4.39 Å². The number of hydrogen-bond acceptors (Lipinski definition) is 1. The molecular formula is C11H15FIN. The van der Waals surface area contributed by atoms with Crippen molar-refractivity contribution in [3.05, 3.63) is 33.1 Å². The van der Waals surface area contributed by atoms with Crippen molar-refractivity contribution < 1.29 is 4.39 Å². The molecule has 0 aliphatic carbocycles. The Labute approximate surface area is 98.0 Å². The summed E-state index contributed by atoms with van der Waals surface area (Å²) in [6.45, 7) is 6.24. The lowest BCUT2D eigenvalue weighted by Crippen LogP contribution is -2.27. The van der Waals surface area contributed by atoms with Crippen LogP contribution in [0, 0.1) is 14.8 Å². The number of hydrogen-bond donors (Lipinski definition) is 1. The van der Waals surface area contributed by atoms with Crippen LogP contribution in [0.3, 0.4) is 0 Å². The summed E-state index contributed by atoms with van der Waals surface area (Å²) in [6, 6.07) is 4.69. The first-order valence-corrected chi connectivity index (χ1v) is 5.61. The third kappa shape index (κ3) is 2.67. The summed E-state index contributed by atoms with van der Waals surface area (Å²) in [5.74, 6) is -0.209. The van der Waals surface area contributed by atoms with E-state index in [1.165, 1.54) is 12.1 Å². The Morgan fingerprint density at radius 2 is 1.93 bits per heavy atom. The minimum atomic E-state index is -0.209. The van der Waals surface area contributed by atoms with Gasteiger partial charge >= 0.3 is 0 Å². The zero-order valence-electron chi connectivity index (χ0n) is 8.64. The topological polar surface area (TPSA) is 26.0 Å². The first kappa shape index (κ1) is 11.9. The number of halogens is 2. The lowest BCUT2D eigenvalue weighted by Gasteiger charge is -2.28. The lowest BCUT2D eigenvalue weighted by molar-refractivity contribution is 0.326. The summed E-state index contributed by atoms with van der Waals surface area (Å²) in [4.78, 5) is 0. The van der Waals surface area contributed by atoms with Gasteiger partial charge in [-0.25, -0.2) is 4.39 Å². The van der Waals surface area contributed by atoms with Crippen molar-refractivity contribution in [2.24, 2.45) is 11.1 Å². The van der Waals surface area contributed by atoms with E-state index < -0.39 is 0 Å². The van der Waals surface area contributed by atoms with Crippen molar-refractivity contribution in [2.75, 3.05) is 0 Å². The predicted molar refractivity (Wildman–Crippen MR) is 65.5 cm³/mol. The molecule has 0 radical (unpaired) electrons. The molecule has 0 aromatic heterocycles. The molecule has 0 saturated heterocycles. The average molecular weight is 307 g/mol. The van der Waals surface area contributed by atoms with Crippen LogP contribution in [0.1, 0.15) is 32.4 Å². The maximum atomic E-state index is 12.9. The third-order valence-corrected chi connectivity index (χ3v) is 3.16. The van der Waals surface area contributed by atoms with E-state index in [9.17, 15) is 4.39 Å². The van der Waals surface area contributed by atoms with Crippen molar-refractivity contribution in [3.63, 3.8) is 0 Å². The minimum absolute atomic E-state index is 0.00223. The Morgan fingerprint density at radius 3 is 2.36 bits per heavy atom. The van der Waals surface area contributed by atoms with Crippen LogP contribution in [0.25, 0.3) is 0 Å². The van der Waals surface area contributed by atoms with Crippen molar-refractivity contribution >= 4 is 22.6 Å². The molecule has 0 heterocycles. The molecule has 0 saturated carbocycles. The molecule has 2 N–H and O–H groups in total. The highest BCUT2D eigenvalue weighted by atomic mass is 127. The van der Waals surface area contributed by atoms with E-state index in [2.05, 4.69) is 43.4 Å². The number of nitrogens with two attached hydrogens (primary N) is 1. The van der Waals surface area contributed by atoms with Gasteiger partial charge in [0.15, 0.2) is 0 Å². The second-order valence-corrected chi connectivity index (χ2v) is 5.67. The normalized spacial score (nSPS) is 14.1. The molecule has 1 aromatic rings. The maximum Gasteiger partial charge on any atom is 0.124 e. The highest BCUT2D eigenvalue weighted by Crippen LogP contribution is 2.32. The fourth-order valence-corrected chi connectivity index (χ4v) is 2.03. The molecule has 0 bridgehead atoms. The third-order valence-electron chi connectivity index (χ3n) is 2.23. The summed E-state index contributed by atoms with van der Waals surface area (Å²) in [7, 11) is 0. The van der Waals surface area contributed by atoms with Crippen LogP contribution in [0.2, 0.25) is 0 Å². The highest BCUT2D eigenvalue weighted by molar-refractivity contribution is 14.1. The summed E-state index contributed by atoms with van der Waals surface area (Å²) in [6.07, 6.45) is 0. The van der Waals surface area contributed by atoms with Crippen LogP contribution in [-0.4, -0.2) is 0 Å². The fourth-order valence-electron chi connectivity index (χ4n) is 1.22. The molecule has 78 valence electrons. The monoisotopic (exact) mass is 307 g/mol. The summed E-state index contributed by atoms with van der Waals surface area (Å²) in [5.41, 5.74) is 7.11. The zero-order chi connectivity index (χ0) is 10.9. The standard InChI is InChI=1S/C11H15FIN/c1-11(2,3)10(14)8-5-4-7(12)6-9(8)13/h4-6,10H,14H2,1-3H3. The smallest absolute Gasteiger partial charge is 0.124 e. The van der Waals surface area contributed by atoms with Crippen molar-refractivity contribution in [2.45, 2.75) is 26.8 Å². The first-order chi connectivity index (χ1) is 6.32. The van der Waals surface area contributed by atoms with Gasteiger partial charge < -0.3 is 5.73 Å². The maximum absolute atomic E-state index is 12.9. The molecule has 1 nitrogen and oxygen atoms in total. The lowest BCUT2D eigenvalue weighted by atomic mass is 9.83. The van der Waals surface area contributed by atoms with Gasteiger partial charge in [-0.15, -0.1) is 0 Å². The van der Waals surface area contributed by atoms with Crippen LogP contribution < -0.4 is 5.73 Å². The van der Waals surface area contributed by atoms with Gasteiger partial charge in [0.2, 0.25) is 0 Å². The van der Waals surface area contributed by atoms with E-state index in [1.807, 2.05) is 0 Å². The predicted octanol–water partition coefficient (Wildman–Crippen LogP) is 3.48. The van der Waals surface area contributed by atoms with E-state index in [-0.39, 0.29) is 17.3 Å². The Balaban J connectivity index is 3.08. The molecule has 0 fully saturated rings. The molecule has 1 unspecified atom stereocenters. The largest absolute Gasteiger partial charge is 0.323 e. The average Bonchev–Trinajstić information content (AvgIpc) is 2.01. The van der Waals surface area contributed by atoms with Gasteiger partial charge in [0.05, 0.1) is 0 Å². The molecule has 1 aromatic carbocycles. The van der Waals surface area contributed by atoms with Crippen LogP contribution >= 0.6 is 22.6 Å². The molecule has 1 rings (SSSR count). The minimum Gasteiger partial charge on any atom is -0.323 e. The van der Waals surface area contributed by atoms with E-state index in [0.29, 0.717) is 0 Å². The van der Waals surface area contributed by atoms with E-state index in [0.717, 1.165) is 9.13 Å². The van der Waals surface area contributed by atoms with Gasteiger partial charge in [0.25, 0.3) is 0 Å². The number of rotatable bonds is 1. The molecule has 3 heteroatoms. The Bertz CT molecular complexity index is 331. The fraction of sp³-hybridized carbons (Fsp3) is 0.455. The van der Waals surface area contributed by atoms with Crippen LogP contribution in [0.15, 0.2) is 18.2 Å². The van der Waals surface area contributed by atoms with Gasteiger partial charge in [-0.2, -0.15) is 0 Å². The van der Waals surface area contributed by atoms with Crippen molar-refractivity contribution in [1.29, 1.82) is 0 Å². The molecule has 0 aliphatic rings. The SMILES string of the molecule is CC(C)(C)C(N)c1ccc(F)cc1I. The zero-order valence-corrected chi connectivity index (χ0v) is 10.8. The molecule has 0 aliphatic heterocycles. The van der Waals surface area contributed by atoms with Gasteiger partial charge in [-0.1, -0.05) is 26.8 Å². The van der Waals surface area contributed by atoms with Crippen molar-refractivity contribution in [1.82, 2.24) is 0 Å².